The number of hydrogen-bond acceptors (Lipinski definition) is 2. The summed E-state index contributed by atoms with van der Waals surface area (Å²) >= 11 is 0. The van der Waals surface area contributed by atoms with E-state index >= 15 is 0 Å². The molecule has 0 radical (unpaired) electrons. The highest BCUT2D eigenvalue weighted by Gasteiger charge is 2.13. The molecule has 0 aliphatic carbocycles. The molecule has 0 aliphatic heterocycles. The van der Waals surface area contributed by atoms with Gasteiger partial charge in [-0.1, -0.05) is 57.2 Å². The number of hydrogen-bond donors (Lipinski definition) is 2. The Bertz CT molecular complexity index is 654. The molecule has 0 saturated carbocycles. The van der Waals surface area contributed by atoms with Gasteiger partial charge in [0.05, 0.1) is 0 Å². The van der Waals surface area contributed by atoms with Crippen LogP contribution in [0.1, 0.15) is 49.8 Å². The van der Waals surface area contributed by atoms with Gasteiger partial charge in [0, 0.05) is 11.1 Å². The molecule has 2 aromatic carbocycles. The second kappa shape index (κ2) is 6.49. The average molecular weight is 282 g/mol. The van der Waals surface area contributed by atoms with Crippen molar-refractivity contribution in [3.8, 4) is 11.5 Å². The fraction of sp³-hybridized carbons (Fsp3) is 0.263. The van der Waals surface area contributed by atoms with E-state index < -0.39 is 0 Å². The molecule has 0 saturated heterocycles. The molecule has 2 rings (SSSR count). The van der Waals surface area contributed by atoms with Crippen molar-refractivity contribution in [1.82, 2.24) is 0 Å². The zero-order valence-corrected chi connectivity index (χ0v) is 12.8. The van der Waals surface area contributed by atoms with Crippen molar-refractivity contribution < 1.29 is 10.2 Å². The average Bonchev–Trinajstić information content (AvgIpc) is 2.46. The highest BCUT2D eigenvalue weighted by atomic mass is 16.3. The minimum Gasteiger partial charge on any atom is -0.507 e. The third kappa shape index (κ3) is 3.27. The van der Waals surface area contributed by atoms with Crippen LogP contribution >= 0.6 is 0 Å². The van der Waals surface area contributed by atoms with Crippen LogP contribution < -0.4 is 0 Å². The molecule has 2 N–H and O–H groups in total. The molecular weight excluding hydrogens is 260 g/mol. The van der Waals surface area contributed by atoms with Crippen LogP contribution in [-0.2, 0) is 0 Å². The zero-order chi connectivity index (χ0) is 15.4. The lowest BCUT2D eigenvalue weighted by molar-refractivity contribution is 0.470. The SMILES string of the molecule is CC/C=C(\c1ccccc1O)c1ccc(C(C)C)cc1O. The Hall–Kier alpha value is -2.22. The maximum atomic E-state index is 10.4. The number of allylic oxidation sites excluding steroid dienone is 1. The number of phenols is 2. The molecule has 110 valence electrons. The Morgan fingerprint density at radius 1 is 1.00 bits per heavy atom. The molecule has 0 bridgehead atoms. The summed E-state index contributed by atoms with van der Waals surface area (Å²) in [5, 5.41) is 20.4. The largest absolute Gasteiger partial charge is 0.507 e. The van der Waals surface area contributed by atoms with Crippen LogP contribution in [0.25, 0.3) is 5.57 Å². The third-order valence-electron chi connectivity index (χ3n) is 3.58. The lowest BCUT2D eigenvalue weighted by Crippen LogP contribution is -1.93. The summed E-state index contributed by atoms with van der Waals surface area (Å²) in [5.74, 6) is 0.849. The van der Waals surface area contributed by atoms with Crippen molar-refractivity contribution in [2.75, 3.05) is 0 Å². The maximum Gasteiger partial charge on any atom is 0.123 e. The molecular formula is C19H22O2. The minimum atomic E-state index is 0.226. The van der Waals surface area contributed by atoms with E-state index in [0.29, 0.717) is 5.92 Å². The van der Waals surface area contributed by atoms with Crippen molar-refractivity contribution in [1.29, 1.82) is 0 Å². The van der Waals surface area contributed by atoms with Gasteiger partial charge in [-0.05, 0) is 35.6 Å². The van der Waals surface area contributed by atoms with Gasteiger partial charge in [0.25, 0.3) is 0 Å². The van der Waals surface area contributed by atoms with E-state index in [0.717, 1.165) is 28.7 Å². The topological polar surface area (TPSA) is 40.5 Å². The second-order valence-corrected chi connectivity index (χ2v) is 5.47. The van der Waals surface area contributed by atoms with Crippen LogP contribution in [0, 0.1) is 0 Å². The van der Waals surface area contributed by atoms with Crippen molar-refractivity contribution in [2.45, 2.75) is 33.1 Å². The van der Waals surface area contributed by atoms with Crippen molar-refractivity contribution >= 4 is 5.57 Å². The lowest BCUT2D eigenvalue weighted by atomic mass is 9.92. The molecule has 2 heteroatoms. The summed E-state index contributed by atoms with van der Waals surface area (Å²) in [6.07, 6.45) is 2.86. The molecule has 0 fully saturated rings. The van der Waals surface area contributed by atoms with Gasteiger partial charge < -0.3 is 10.2 Å². The van der Waals surface area contributed by atoms with Gasteiger partial charge in [0.2, 0.25) is 0 Å². The van der Waals surface area contributed by atoms with Gasteiger partial charge in [-0.25, -0.2) is 0 Å². The normalized spacial score (nSPS) is 11.9. The molecule has 0 aliphatic rings. The number of aromatic hydroxyl groups is 2. The smallest absolute Gasteiger partial charge is 0.123 e. The van der Waals surface area contributed by atoms with E-state index in [1.54, 1.807) is 12.1 Å². The number of para-hydroxylation sites is 1. The first kappa shape index (κ1) is 15.2. The van der Waals surface area contributed by atoms with Gasteiger partial charge in [0.1, 0.15) is 11.5 Å². The van der Waals surface area contributed by atoms with Crippen molar-refractivity contribution in [3.63, 3.8) is 0 Å². The number of benzene rings is 2. The molecule has 0 spiro atoms. The van der Waals surface area contributed by atoms with Crippen LogP contribution in [0.4, 0.5) is 0 Å². The van der Waals surface area contributed by atoms with Crippen molar-refractivity contribution in [3.05, 3.63) is 65.2 Å². The summed E-state index contributed by atoms with van der Waals surface area (Å²) in [6, 6.07) is 13.0. The van der Waals surface area contributed by atoms with Crippen LogP contribution in [0.2, 0.25) is 0 Å². The predicted molar refractivity (Wildman–Crippen MR) is 87.7 cm³/mol. The van der Waals surface area contributed by atoms with Gasteiger partial charge in [-0.15, -0.1) is 0 Å². The molecule has 2 nitrogen and oxygen atoms in total. The third-order valence-corrected chi connectivity index (χ3v) is 3.58. The summed E-state index contributed by atoms with van der Waals surface area (Å²) in [5.41, 5.74) is 3.46. The quantitative estimate of drug-likeness (QED) is 0.822. The monoisotopic (exact) mass is 282 g/mol. The molecule has 0 atom stereocenters. The minimum absolute atomic E-state index is 0.226. The Balaban J connectivity index is 2.55. The highest BCUT2D eigenvalue weighted by Crippen LogP contribution is 2.36. The first-order chi connectivity index (χ1) is 10.0. The Labute approximate surface area is 126 Å². The first-order valence-corrected chi connectivity index (χ1v) is 7.36. The molecule has 2 aromatic rings. The zero-order valence-electron chi connectivity index (χ0n) is 12.8. The Morgan fingerprint density at radius 3 is 2.24 bits per heavy atom. The van der Waals surface area contributed by atoms with Crippen LogP contribution in [0.3, 0.4) is 0 Å². The summed E-state index contributed by atoms with van der Waals surface area (Å²) < 4.78 is 0. The van der Waals surface area contributed by atoms with E-state index in [4.69, 9.17) is 0 Å². The second-order valence-electron chi connectivity index (χ2n) is 5.47. The summed E-state index contributed by atoms with van der Waals surface area (Å²) in [6.45, 7) is 6.24. The van der Waals surface area contributed by atoms with E-state index in [9.17, 15) is 10.2 Å². The van der Waals surface area contributed by atoms with Gasteiger partial charge in [0.15, 0.2) is 0 Å². The van der Waals surface area contributed by atoms with Gasteiger partial charge in [-0.3, -0.25) is 0 Å². The van der Waals surface area contributed by atoms with E-state index in [2.05, 4.69) is 13.8 Å². The van der Waals surface area contributed by atoms with Crippen LogP contribution in [0.15, 0.2) is 48.5 Å². The molecule has 0 aromatic heterocycles. The fourth-order valence-corrected chi connectivity index (χ4v) is 2.41. The summed E-state index contributed by atoms with van der Waals surface area (Å²) in [4.78, 5) is 0. The van der Waals surface area contributed by atoms with E-state index in [1.165, 1.54) is 0 Å². The molecule has 0 heterocycles. The molecule has 0 amide bonds. The van der Waals surface area contributed by atoms with E-state index in [-0.39, 0.29) is 11.5 Å². The first-order valence-electron chi connectivity index (χ1n) is 7.36. The summed E-state index contributed by atoms with van der Waals surface area (Å²) in [7, 11) is 0. The highest BCUT2D eigenvalue weighted by molar-refractivity contribution is 5.85. The lowest BCUT2D eigenvalue weighted by Gasteiger charge is -2.14. The predicted octanol–water partition coefficient (Wildman–Crippen LogP) is 5.06. The van der Waals surface area contributed by atoms with Crippen LogP contribution in [-0.4, -0.2) is 10.2 Å². The number of rotatable bonds is 4. The molecule has 21 heavy (non-hydrogen) atoms. The van der Waals surface area contributed by atoms with E-state index in [1.807, 2.05) is 43.3 Å². The van der Waals surface area contributed by atoms with Crippen molar-refractivity contribution in [2.24, 2.45) is 0 Å². The molecule has 0 unspecified atom stereocenters. The standard InChI is InChI=1S/C19H22O2/c1-4-7-15(16-8-5-6-9-18(16)20)17-11-10-14(13(2)3)12-19(17)21/h5-13,20-21H,4H2,1-3H3/b15-7+. The van der Waals surface area contributed by atoms with Gasteiger partial charge >= 0.3 is 0 Å². The Kier molecular flexibility index (Phi) is 4.69. The van der Waals surface area contributed by atoms with Gasteiger partial charge in [-0.2, -0.15) is 0 Å². The fourth-order valence-electron chi connectivity index (χ4n) is 2.41. The van der Waals surface area contributed by atoms with Crippen LogP contribution in [0.5, 0.6) is 11.5 Å². The number of phenolic OH excluding ortho intramolecular Hbond substituents is 2. The Morgan fingerprint density at radius 2 is 1.67 bits per heavy atom. The maximum absolute atomic E-state index is 10.4.